The molecule has 2 aromatic rings. The largest absolute Gasteiger partial charge is 0.382 e. The van der Waals surface area contributed by atoms with E-state index in [0.29, 0.717) is 11.5 Å². The summed E-state index contributed by atoms with van der Waals surface area (Å²) in [7, 11) is 0. The Morgan fingerprint density at radius 3 is 3.00 bits per heavy atom. The molecule has 2 aromatic heterocycles. The van der Waals surface area contributed by atoms with Crippen LogP contribution in [-0.2, 0) is 0 Å². The standard InChI is InChI=1S/C4H6N6/c5-3-1-4-8-7-2-9(4)10(3)6/h1-2H,5-6H2. The number of nitrogens with two attached hydrogens (primary N) is 2. The summed E-state index contributed by atoms with van der Waals surface area (Å²) in [6.45, 7) is 0. The lowest BCUT2D eigenvalue weighted by molar-refractivity contribution is 0.766. The maximum atomic E-state index is 5.46. The van der Waals surface area contributed by atoms with E-state index in [1.165, 1.54) is 11.1 Å². The van der Waals surface area contributed by atoms with Crippen molar-refractivity contribution < 1.29 is 0 Å². The first-order chi connectivity index (χ1) is 4.79. The zero-order chi connectivity index (χ0) is 7.14. The summed E-state index contributed by atoms with van der Waals surface area (Å²) in [4.78, 5) is 1.27. The van der Waals surface area contributed by atoms with E-state index in [9.17, 15) is 0 Å². The van der Waals surface area contributed by atoms with Crippen molar-refractivity contribution in [3.63, 3.8) is 0 Å². The number of nitrogens with zero attached hydrogens (tertiary/aromatic N) is 4. The minimum Gasteiger partial charge on any atom is -0.382 e. The van der Waals surface area contributed by atoms with Gasteiger partial charge < -0.3 is 11.6 Å². The fourth-order valence-electron chi connectivity index (χ4n) is 0.823. The minimum atomic E-state index is 0.463. The van der Waals surface area contributed by atoms with Gasteiger partial charge >= 0.3 is 0 Å². The Labute approximate surface area is 56.0 Å². The van der Waals surface area contributed by atoms with E-state index in [0.717, 1.165) is 0 Å². The lowest BCUT2D eigenvalue weighted by Crippen LogP contribution is -2.16. The maximum Gasteiger partial charge on any atom is 0.181 e. The molecule has 0 unspecified atom stereocenters. The average Bonchev–Trinajstić information content (AvgIpc) is 2.41. The highest BCUT2D eigenvalue weighted by atomic mass is 15.6. The third kappa shape index (κ3) is 0.426. The van der Waals surface area contributed by atoms with Crippen LogP contribution in [-0.4, -0.2) is 19.5 Å². The summed E-state index contributed by atoms with van der Waals surface area (Å²) in [5.41, 5.74) is 6.10. The van der Waals surface area contributed by atoms with Gasteiger partial charge in [0.1, 0.15) is 12.1 Å². The van der Waals surface area contributed by atoms with Gasteiger partial charge in [0.05, 0.1) is 0 Å². The first-order valence-corrected chi connectivity index (χ1v) is 2.71. The van der Waals surface area contributed by atoms with Gasteiger partial charge in [-0.1, -0.05) is 0 Å². The van der Waals surface area contributed by atoms with E-state index < -0.39 is 0 Å². The highest BCUT2D eigenvalue weighted by Crippen LogP contribution is 2.04. The van der Waals surface area contributed by atoms with Crippen LogP contribution in [0.1, 0.15) is 0 Å². The topological polar surface area (TPSA) is 87.2 Å². The lowest BCUT2D eigenvalue weighted by Gasteiger charge is -1.94. The normalized spacial score (nSPS) is 10.8. The fourth-order valence-corrected chi connectivity index (χ4v) is 0.823. The molecule has 6 nitrogen and oxygen atoms in total. The molecule has 0 aliphatic carbocycles. The summed E-state index contributed by atoms with van der Waals surface area (Å²) < 4.78 is 1.55. The van der Waals surface area contributed by atoms with Crippen LogP contribution in [0, 0.1) is 0 Å². The molecule has 4 N–H and O–H groups in total. The van der Waals surface area contributed by atoms with Crippen molar-refractivity contribution >= 4 is 11.5 Å². The van der Waals surface area contributed by atoms with Crippen LogP contribution >= 0.6 is 0 Å². The molecule has 0 radical (unpaired) electrons. The zero-order valence-electron chi connectivity index (χ0n) is 5.10. The highest BCUT2D eigenvalue weighted by Gasteiger charge is 2.01. The van der Waals surface area contributed by atoms with Crippen LogP contribution in [0.2, 0.25) is 0 Å². The molecule has 0 spiro atoms. The van der Waals surface area contributed by atoms with Gasteiger partial charge in [0, 0.05) is 6.07 Å². The summed E-state index contributed by atoms with van der Waals surface area (Å²) in [5, 5.41) is 7.35. The van der Waals surface area contributed by atoms with Crippen LogP contribution < -0.4 is 11.6 Å². The van der Waals surface area contributed by atoms with Gasteiger partial charge in [0.25, 0.3) is 0 Å². The molecular weight excluding hydrogens is 132 g/mol. The van der Waals surface area contributed by atoms with Gasteiger partial charge in [0.2, 0.25) is 0 Å². The van der Waals surface area contributed by atoms with Crippen LogP contribution in [0.3, 0.4) is 0 Å². The third-order valence-corrected chi connectivity index (χ3v) is 1.33. The predicted molar refractivity (Wildman–Crippen MR) is 35.5 cm³/mol. The first-order valence-electron chi connectivity index (χ1n) is 2.71. The first kappa shape index (κ1) is 5.10. The van der Waals surface area contributed by atoms with E-state index in [-0.39, 0.29) is 0 Å². The number of anilines is 1. The van der Waals surface area contributed by atoms with Crippen molar-refractivity contribution in [2.24, 2.45) is 0 Å². The van der Waals surface area contributed by atoms with Crippen molar-refractivity contribution in [3.8, 4) is 0 Å². The molecule has 0 aromatic carbocycles. The molecule has 0 saturated heterocycles. The number of hydrogen-bond acceptors (Lipinski definition) is 4. The Bertz CT molecular complexity index is 357. The summed E-state index contributed by atoms with van der Waals surface area (Å²) >= 11 is 0. The van der Waals surface area contributed by atoms with Crippen LogP contribution in [0.25, 0.3) is 5.65 Å². The third-order valence-electron chi connectivity index (χ3n) is 1.33. The summed E-state index contributed by atoms with van der Waals surface area (Å²) in [6.07, 6.45) is 1.49. The molecule has 0 fully saturated rings. The minimum absolute atomic E-state index is 0.463. The van der Waals surface area contributed by atoms with E-state index in [1.54, 1.807) is 10.6 Å². The van der Waals surface area contributed by atoms with Gasteiger partial charge in [-0.15, -0.1) is 10.2 Å². The van der Waals surface area contributed by atoms with E-state index in [1.807, 2.05) is 0 Å². The van der Waals surface area contributed by atoms with Crippen molar-refractivity contribution in [2.75, 3.05) is 11.6 Å². The summed E-state index contributed by atoms with van der Waals surface area (Å²) in [6, 6.07) is 1.65. The Balaban J connectivity index is 2.95. The van der Waals surface area contributed by atoms with E-state index in [4.69, 9.17) is 11.6 Å². The van der Waals surface area contributed by atoms with E-state index >= 15 is 0 Å². The highest BCUT2D eigenvalue weighted by molar-refractivity contribution is 5.47. The van der Waals surface area contributed by atoms with Crippen molar-refractivity contribution in [1.29, 1.82) is 0 Å². The van der Waals surface area contributed by atoms with Crippen molar-refractivity contribution in [3.05, 3.63) is 12.4 Å². The van der Waals surface area contributed by atoms with Crippen LogP contribution in [0.5, 0.6) is 0 Å². The smallest absolute Gasteiger partial charge is 0.181 e. The molecule has 6 heteroatoms. The summed E-state index contributed by atoms with van der Waals surface area (Å²) in [5.74, 6) is 5.92. The molecule has 2 heterocycles. The molecular formula is C4H6N6. The van der Waals surface area contributed by atoms with Crippen LogP contribution in [0.15, 0.2) is 12.4 Å². The van der Waals surface area contributed by atoms with Gasteiger partial charge in [0.15, 0.2) is 5.65 Å². The number of rotatable bonds is 0. The lowest BCUT2D eigenvalue weighted by atomic mass is 10.6. The number of fused-ring (bicyclic) bond motifs is 1. The maximum absolute atomic E-state index is 5.46. The molecule has 0 aliphatic heterocycles. The monoisotopic (exact) mass is 138 g/mol. The SMILES string of the molecule is Nc1cc2nncn2n1N. The second-order valence-electron chi connectivity index (χ2n) is 1.95. The predicted octanol–water partition coefficient (Wildman–Crippen LogP) is -1.17. The number of aromatic nitrogens is 4. The quantitative estimate of drug-likeness (QED) is 0.449. The second-order valence-corrected chi connectivity index (χ2v) is 1.95. The fraction of sp³-hybridized carbons (Fsp3) is 0. The Morgan fingerprint density at radius 1 is 1.50 bits per heavy atom. The Morgan fingerprint density at radius 2 is 2.30 bits per heavy atom. The Kier molecular flexibility index (Phi) is 0.717. The molecule has 0 atom stereocenters. The van der Waals surface area contributed by atoms with Gasteiger partial charge in [-0.05, 0) is 0 Å². The molecule has 2 rings (SSSR count). The van der Waals surface area contributed by atoms with E-state index in [2.05, 4.69) is 10.2 Å². The molecule has 52 valence electrons. The van der Waals surface area contributed by atoms with Gasteiger partial charge in [-0.2, -0.15) is 4.79 Å². The molecule has 0 bridgehead atoms. The zero-order valence-corrected chi connectivity index (χ0v) is 5.10. The van der Waals surface area contributed by atoms with Gasteiger partial charge in [-0.3, -0.25) is 0 Å². The van der Waals surface area contributed by atoms with Crippen molar-refractivity contribution in [2.45, 2.75) is 0 Å². The van der Waals surface area contributed by atoms with Crippen LogP contribution in [0.4, 0.5) is 5.82 Å². The molecule has 0 amide bonds. The number of nitrogen functional groups attached to an aromatic ring is 2. The number of hydrogen-bond donors (Lipinski definition) is 2. The molecule has 0 aliphatic rings. The molecule has 10 heavy (non-hydrogen) atoms. The van der Waals surface area contributed by atoms with Crippen molar-refractivity contribution in [1.82, 2.24) is 19.5 Å². The van der Waals surface area contributed by atoms with Gasteiger partial charge in [-0.25, -0.2) is 4.52 Å². The average molecular weight is 138 g/mol. The second kappa shape index (κ2) is 1.41. The molecule has 0 saturated carbocycles. The Hall–Kier alpha value is -1.72.